The van der Waals surface area contributed by atoms with Gasteiger partial charge in [0.1, 0.15) is 5.82 Å². The van der Waals surface area contributed by atoms with E-state index >= 15 is 0 Å². The lowest BCUT2D eigenvalue weighted by molar-refractivity contribution is -0.134. The zero-order valence-corrected chi connectivity index (χ0v) is 12.5. The van der Waals surface area contributed by atoms with Gasteiger partial charge >= 0.3 is 0 Å². The Morgan fingerprint density at radius 3 is 2.68 bits per heavy atom. The fourth-order valence-electron chi connectivity index (χ4n) is 1.54. The van der Waals surface area contributed by atoms with Gasteiger partial charge in [-0.15, -0.1) is 0 Å². The van der Waals surface area contributed by atoms with Gasteiger partial charge in [0.25, 0.3) is 0 Å². The van der Waals surface area contributed by atoms with Gasteiger partial charge in [-0.1, -0.05) is 22.0 Å². The Morgan fingerprint density at radius 2 is 2.11 bits per heavy atom. The largest absolute Gasteiger partial charge is 0.358 e. The summed E-state index contributed by atoms with van der Waals surface area (Å²) < 4.78 is 14.2. The van der Waals surface area contributed by atoms with Crippen molar-refractivity contribution in [2.75, 3.05) is 20.6 Å². The molecule has 0 radical (unpaired) electrons. The van der Waals surface area contributed by atoms with E-state index in [0.29, 0.717) is 16.5 Å². The highest BCUT2D eigenvalue weighted by atomic mass is 79.9. The highest BCUT2D eigenvalue weighted by Crippen LogP contribution is 2.16. The molecule has 1 aromatic carbocycles. The smallest absolute Gasteiger partial charge is 0.239 e. The van der Waals surface area contributed by atoms with Crippen LogP contribution in [-0.2, 0) is 16.0 Å². The van der Waals surface area contributed by atoms with Crippen LogP contribution in [0.5, 0.6) is 0 Å². The van der Waals surface area contributed by atoms with E-state index in [0.717, 1.165) is 0 Å². The summed E-state index contributed by atoms with van der Waals surface area (Å²) >= 11 is 3.17. The summed E-state index contributed by atoms with van der Waals surface area (Å²) in [6, 6.07) is 4.75. The minimum Gasteiger partial charge on any atom is -0.358 e. The molecule has 1 N–H and O–H groups in total. The summed E-state index contributed by atoms with van der Waals surface area (Å²) in [5, 5.41) is 2.44. The minimum absolute atomic E-state index is 0.0121. The van der Waals surface area contributed by atoms with E-state index in [1.807, 2.05) is 0 Å². The van der Waals surface area contributed by atoms with E-state index in [1.54, 1.807) is 19.2 Å². The molecule has 19 heavy (non-hydrogen) atoms. The number of amides is 2. The topological polar surface area (TPSA) is 49.4 Å². The summed E-state index contributed by atoms with van der Waals surface area (Å²) in [5.41, 5.74) is 0.491. The van der Waals surface area contributed by atoms with E-state index in [9.17, 15) is 14.0 Å². The molecular formula is C13H16BrFN2O2. The Hall–Kier alpha value is -1.43. The highest BCUT2D eigenvalue weighted by Gasteiger charge is 2.13. The highest BCUT2D eigenvalue weighted by molar-refractivity contribution is 9.10. The summed E-state index contributed by atoms with van der Waals surface area (Å²) in [7, 11) is 3.06. The van der Waals surface area contributed by atoms with Gasteiger partial charge in [0.05, 0.1) is 6.54 Å². The summed E-state index contributed by atoms with van der Waals surface area (Å²) in [6.45, 7) is 0.0121. The van der Waals surface area contributed by atoms with Crippen LogP contribution in [0, 0.1) is 5.82 Å². The number of likely N-dealkylation sites (N-methyl/N-ethyl adjacent to an activating group) is 2. The maximum atomic E-state index is 13.5. The Kier molecular flexibility index (Phi) is 5.95. The monoisotopic (exact) mass is 330 g/mol. The molecule has 0 spiro atoms. The van der Waals surface area contributed by atoms with Gasteiger partial charge in [-0.3, -0.25) is 9.59 Å². The van der Waals surface area contributed by atoms with Gasteiger partial charge in [0, 0.05) is 25.0 Å². The second kappa shape index (κ2) is 7.23. The van der Waals surface area contributed by atoms with E-state index in [4.69, 9.17) is 0 Å². The van der Waals surface area contributed by atoms with E-state index in [1.165, 1.54) is 18.0 Å². The van der Waals surface area contributed by atoms with Gasteiger partial charge in [-0.2, -0.15) is 0 Å². The molecule has 0 aliphatic rings. The van der Waals surface area contributed by atoms with Gasteiger partial charge < -0.3 is 10.2 Å². The van der Waals surface area contributed by atoms with Crippen molar-refractivity contribution in [1.82, 2.24) is 10.2 Å². The SMILES string of the molecule is CNC(=O)CN(C)C(=O)CCc1ccc(Br)cc1F. The summed E-state index contributed by atoms with van der Waals surface area (Å²) in [6.07, 6.45) is 0.488. The molecule has 0 saturated carbocycles. The molecule has 1 aromatic rings. The molecule has 0 atom stereocenters. The molecule has 4 nitrogen and oxygen atoms in total. The number of carbonyl (C=O) groups excluding carboxylic acids is 2. The first-order valence-corrected chi connectivity index (χ1v) is 6.61. The first-order chi connectivity index (χ1) is 8.93. The Bertz CT molecular complexity index is 480. The third kappa shape index (κ3) is 4.98. The van der Waals surface area contributed by atoms with Gasteiger partial charge in [-0.05, 0) is 24.1 Å². The molecule has 0 unspecified atom stereocenters. The van der Waals surface area contributed by atoms with Gasteiger partial charge in [0.15, 0.2) is 0 Å². The van der Waals surface area contributed by atoms with Crippen LogP contribution in [0.15, 0.2) is 22.7 Å². The second-order valence-corrected chi connectivity index (χ2v) is 5.07. The fraction of sp³-hybridized carbons (Fsp3) is 0.385. The average Bonchev–Trinajstić information content (AvgIpc) is 2.37. The maximum Gasteiger partial charge on any atom is 0.239 e. The third-order valence-electron chi connectivity index (χ3n) is 2.71. The standard InChI is InChI=1S/C13H16BrFN2O2/c1-16-12(18)8-17(2)13(19)6-4-9-3-5-10(14)7-11(9)15/h3,5,7H,4,6,8H2,1-2H3,(H,16,18). The molecule has 0 heterocycles. The maximum absolute atomic E-state index is 13.5. The molecule has 1 rings (SSSR count). The van der Waals surface area contributed by atoms with Crippen LogP contribution in [0.25, 0.3) is 0 Å². The summed E-state index contributed by atoms with van der Waals surface area (Å²) in [4.78, 5) is 24.2. The van der Waals surface area contributed by atoms with Gasteiger partial charge in [0.2, 0.25) is 11.8 Å². The molecule has 0 aliphatic heterocycles. The normalized spacial score (nSPS) is 10.1. The molecule has 0 aliphatic carbocycles. The molecular weight excluding hydrogens is 315 g/mol. The number of halogens is 2. The quantitative estimate of drug-likeness (QED) is 0.893. The zero-order valence-electron chi connectivity index (χ0n) is 10.9. The van der Waals surface area contributed by atoms with Crippen LogP contribution < -0.4 is 5.32 Å². The first-order valence-electron chi connectivity index (χ1n) is 5.82. The predicted molar refractivity (Wildman–Crippen MR) is 74.1 cm³/mol. The van der Waals surface area contributed by atoms with Crippen LogP contribution >= 0.6 is 15.9 Å². The number of hydrogen-bond acceptors (Lipinski definition) is 2. The number of carbonyl (C=O) groups is 2. The predicted octanol–water partition coefficient (Wildman–Crippen LogP) is 1.73. The van der Waals surface area contributed by atoms with E-state index in [2.05, 4.69) is 21.2 Å². The lowest BCUT2D eigenvalue weighted by Crippen LogP contribution is -2.37. The van der Waals surface area contributed by atoms with Crippen molar-refractivity contribution in [3.8, 4) is 0 Å². The van der Waals surface area contributed by atoms with Crippen LogP contribution in [-0.4, -0.2) is 37.4 Å². The number of nitrogens with zero attached hydrogens (tertiary/aromatic N) is 1. The molecule has 0 fully saturated rings. The van der Waals surface area contributed by atoms with Crippen molar-refractivity contribution in [1.29, 1.82) is 0 Å². The van der Waals surface area contributed by atoms with Crippen LogP contribution in [0.4, 0.5) is 4.39 Å². The number of aryl methyl sites for hydroxylation is 1. The second-order valence-electron chi connectivity index (χ2n) is 4.16. The molecule has 2 amide bonds. The average molecular weight is 331 g/mol. The minimum atomic E-state index is -0.337. The van der Waals surface area contributed by atoms with Crippen molar-refractivity contribution < 1.29 is 14.0 Å². The van der Waals surface area contributed by atoms with Crippen molar-refractivity contribution in [3.05, 3.63) is 34.1 Å². The zero-order chi connectivity index (χ0) is 14.4. The molecule has 0 bridgehead atoms. The van der Waals surface area contributed by atoms with Crippen LogP contribution in [0.3, 0.4) is 0 Å². The van der Waals surface area contributed by atoms with Crippen LogP contribution in [0.1, 0.15) is 12.0 Å². The lowest BCUT2D eigenvalue weighted by atomic mass is 10.1. The number of hydrogen-bond donors (Lipinski definition) is 1. The molecule has 0 aromatic heterocycles. The Labute approximate surface area is 120 Å². The Balaban J connectivity index is 2.52. The van der Waals surface area contributed by atoms with Crippen molar-refractivity contribution in [2.24, 2.45) is 0 Å². The molecule has 104 valence electrons. The van der Waals surface area contributed by atoms with Crippen molar-refractivity contribution in [2.45, 2.75) is 12.8 Å². The van der Waals surface area contributed by atoms with Crippen molar-refractivity contribution in [3.63, 3.8) is 0 Å². The number of rotatable bonds is 5. The summed E-state index contributed by atoms with van der Waals surface area (Å²) in [5.74, 6) is -0.757. The van der Waals surface area contributed by atoms with Gasteiger partial charge in [-0.25, -0.2) is 4.39 Å². The number of benzene rings is 1. The lowest BCUT2D eigenvalue weighted by Gasteiger charge is -2.16. The molecule has 6 heteroatoms. The molecule has 0 saturated heterocycles. The third-order valence-corrected chi connectivity index (χ3v) is 3.20. The van der Waals surface area contributed by atoms with Crippen molar-refractivity contribution >= 4 is 27.7 Å². The Morgan fingerprint density at radius 1 is 1.42 bits per heavy atom. The van der Waals surface area contributed by atoms with Crippen LogP contribution in [0.2, 0.25) is 0 Å². The fourth-order valence-corrected chi connectivity index (χ4v) is 1.87. The first kappa shape index (κ1) is 15.6. The van der Waals surface area contributed by atoms with E-state index < -0.39 is 0 Å². The number of nitrogens with one attached hydrogen (secondary N) is 1. The van der Waals surface area contributed by atoms with E-state index in [-0.39, 0.29) is 30.6 Å².